The molecule has 0 heterocycles. The fraction of sp³-hybridized carbons (Fsp3) is 0.115. The summed E-state index contributed by atoms with van der Waals surface area (Å²) in [6.07, 6.45) is 0. The Morgan fingerprint density at radius 2 is 1.79 bits per heavy atom. The first kappa shape index (κ1) is 27.3. The van der Waals surface area contributed by atoms with Crippen molar-refractivity contribution < 1.29 is 27.6 Å². The van der Waals surface area contributed by atoms with Crippen LogP contribution >= 0.6 is 23.2 Å². The van der Waals surface area contributed by atoms with Gasteiger partial charge in [0, 0.05) is 16.5 Å². The third-order valence-electron chi connectivity index (χ3n) is 5.43. The lowest BCUT2D eigenvalue weighted by Crippen LogP contribution is -2.13. The molecule has 0 aliphatic carbocycles. The van der Waals surface area contributed by atoms with Crippen LogP contribution in [0.3, 0.4) is 0 Å². The molecule has 0 aromatic heterocycles. The molecule has 0 saturated carbocycles. The number of benzene rings is 4. The molecular weight excluding hydrogens is 553 g/mol. The van der Waals surface area contributed by atoms with Gasteiger partial charge in [0.05, 0.1) is 22.9 Å². The first-order valence-electron chi connectivity index (χ1n) is 11.2. The summed E-state index contributed by atoms with van der Waals surface area (Å²) in [5, 5.41) is 23.1. The van der Waals surface area contributed by atoms with E-state index in [1.807, 2.05) is 0 Å². The van der Waals surface area contributed by atoms with Gasteiger partial charge in [0.25, 0.3) is 16.0 Å². The molecule has 12 heteroatoms. The van der Waals surface area contributed by atoms with Crippen LogP contribution in [0.2, 0.25) is 10.0 Å². The maximum atomic E-state index is 13.3. The highest BCUT2D eigenvalue weighted by molar-refractivity contribution is 7.86. The van der Waals surface area contributed by atoms with E-state index in [1.54, 1.807) is 56.3 Å². The van der Waals surface area contributed by atoms with E-state index in [0.717, 1.165) is 0 Å². The molecule has 4 aromatic rings. The molecule has 4 rings (SSSR count). The van der Waals surface area contributed by atoms with Gasteiger partial charge in [-0.15, -0.1) is 10.2 Å². The summed E-state index contributed by atoms with van der Waals surface area (Å²) in [5.74, 6) is -0.747. The summed E-state index contributed by atoms with van der Waals surface area (Å²) >= 11 is 12.2. The van der Waals surface area contributed by atoms with Gasteiger partial charge in [0.15, 0.2) is 5.75 Å². The first-order chi connectivity index (χ1) is 18.0. The number of halogens is 2. The van der Waals surface area contributed by atoms with E-state index in [2.05, 4.69) is 15.5 Å². The van der Waals surface area contributed by atoms with Gasteiger partial charge in [-0.05, 0) is 55.1 Å². The van der Waals surface area contributed by atoms with Crippen LogP contribution in [0, 0.1) is 6.92 Å². The Morgan fingerprint density at radius 1 is 1.05 bits per heavy atom. The molecule has 0 unspecified atom stereocenters. The molecule has 4 aromatic carbocycles. The number of nitrogens with one attached hydrogen (secondary N) is 1. The highest BCUT2D eigenvalue weighted by Gasteiger charge is 2.21. The number of rotatable bonds is 7. The minimum absolute atomic E-state index is 0.0413. The zero-order valence-electron chi connectivity index (χ0n) is 20.1. The monoisotopic (exact) mass is 573 g/mol. The Hall–Kier alpha value is -3.70. The van der Waals surface area contributed by atoms with E-state index < -0.39 is 26.7 Å². The third-order valence-corrected chi connectivity index (χ3v) is 7.05. The molecule has 0 aliphatic heterocycles. The Morgan fingerprint density at radius 3 is 2.50 bits per heavy atom. The molecule has 0 radical (unpaired) electrons. The van der Waals surface area contributed by atoms with Crippen molar-refractivity contribution in [3.63, 3.8) is 0 Å². The molecule has 3 N–H and O–H groups in total. The molecular formula is C26H21Cl2N3O6S. The number of carbonyl (C=O) groups is 1. The number of aromatic hydroxyl groups is 1. The maximum absolute atomic E-state index is 13.3. The second kappa shape index (κ2) is 11.0. The number of nitrogens with zero attached hydrogens (tertiary/aromatic N) is 2. The van der Waals surface area contributed by atoms with E-state index in [-0.39, 0.29) is 22.0 Å². The minimum Gasteiger partial charge on any atom is -0.505 e. The number of azo groups is 1. The quantitative estimate of drug-likeness (QED) is 0.155. The maximum Gasteiger partial charge on any atom is 0.296 e. The topological polar surface area (TPSA) is 138 Å². The smallest absolute Gasteiger partial charge is 0.296 e. The van der Waals surface area contributed by atoms with Gasteiger partial charge >= 0.3 is 0 Å². The highest BCUT2D eigenvalue weighted by Crippen LogP contribution is 2.41. The van der Waals surface area contributed by atoms with Crippen molar-refractivity contribution in [2.75, 3.05) is 11.9 Å². The number of aryl methyl sites for hydroxylation is 1. The number of phenols is 1. The number of hydrogen-bond donors (Lipinski definition) is 3. The Balaban J connectivity index is 1.81. The summed E-state index contributed by atoms with van der Waals surface area (Å²) in [7, 11) is -4.62. The lowest BCUT2D eigenvalue weighted by Gasteiger charge is -2.14. The number of amides is 1. The lowest BCUT2D eigenvalue weighted by atomic mass is 10.0. The number of ether oxygens (including phenoxy) is 1. The molecule has 0 atom stereocenters. The zero-order valence-corrected chi connectivity index (χ0v) is 22.4. The van der Waals surface area contributed by atoms with Crippen molar-refractivity contribution in [2.45, 2.75) is 18.7 Å². The second-order valence-electron chi connectivity index (χ2n) is 8.14. The van der Waals surface area contributed by atoms with Crippen molar-refractivity contribution >= 4 is 67.1 Å². The van der Waals surface area contributed by atoms with E-state index in [1.165, 1.54) is 18.2 Å². The molecule has 0 spiro atoms. The zero-order chi connectivity index (χ0) is 27.6. The predicted molar refractivity (Wildman–Crippen MR) is 146 cm³/mol. The predicted octanol–water partition coefficient (Wildman–Crippen LogP) is 7.47. The second-order valence-corrected chi connectivity index (χ2v) is 10.3. The molecule has 0 bridgehead atoms. The molecule has 38 heavy (non-hydrogen) atoms. The fourth-order valence-corrected chi connectivity index (χ4v) is 5.00. The summed E-state index contributed by atoms with van der Waals surface area (Å²) in [5.41, 5.74) is 0.608. The first-order valence-corrected chi connectivity index (χ1v) is 13.4. The summed E-state index contributed by atoms with van der Waals surface area (Å²) in [6, 6.07) is 15.8. The average molecular weight is 574 g/mol. The van der Waals surface area contributed by atoms with Gasteiger partial charge in [-0.25, -0.2) is 0 Å². The van der Waals surface area contributed by atoms with E-state index in [9.17, 15) is 22.9 Å². The normalized spacial score (nSPS) is 11.7. The van der Waals surface area contributed by atoms with Crippen LogP contribution in [-0.2, 0) is 10.1 Å². The largest absolute Gasteiger partial charge is 0.505 e. The molecule has 0 aliphatic rings. The van der Waals surface area contributed by atoms with Crippen LogP contribution in [0.5, 0.6) is 11.5 Å². The van der Waals surface area contributed by atoms with Crippen molar-refractivity contribution in [1.82, 2.24) is 0 Å². The molecule has 196 valence electrons. The van der Waals surface area contributed by atoms with Crippen LogP contribution in [0.25, 0.3) is 10.8 Å². The summed E-state index contributed by atoms with van der Waals surface area (Å²) in [6.45, 7) is 3.73. The molecule has 1 amide bonds. The summed E-state index contributed by atoms with van der Waals surface area (Å²) < 4.78 is 38.5. The average Bonchev–Trinajstić information content (AvgIpc) is 2.86. The lowest BCUT2D eigenvalue weighted by molar-refractivity contribution is 0.102. The van der Waals surface area contributed by atoms with Crippen LogP contribution in [-0.4, -0.2) is 30.6 Å². The van der Waals surface area contributed by atoms with Gasteiger partial charge in [0.2, 0.25) is 0 Å². The van der Waals surface area contributed by atoms with Crippen LogP contribution in [0.15, 0.2) is 75.8 Å². The minimum atomic E-state index is -4.62. The van der Waals surface area contributed by atoms with Gasteiger partial charge < -0.3 is 15.2 Å². The Bertz CT molecular complexity index is 1710. The fourth-order valence-electron chi connectivity index (χ4n) is 3.74. The van der Waals surface area contributed by atoms with Gasteiger partial charge in [-0.1, -0.05) is 47.5 Å². The molecule has 9 nitrogen and oxygen atoms in total. The van der Waals surface area contributed by atoms with E-state index in [0.29, 0.717) is 39.4 Å². The highest BCUT2D eigenvalue weighted by atomic mass is 35.5. The SMILES string of the molecule is CCOc1cc(Cl)ccc1NC(=O)c1cc2ccccc2c(N=Nc2cc(C)cc(S(=O)(=O)O)c2Cl)c1O. The number of fused-ring (bicyclic) bond motifs is 1. The Labute approximate surface area is 228 Å². The van der Waals surface area contributed by atoms with Crippen molar-refractivity contribution in [3.8, 4) is 11.5 Å². The summed E-state index contributed by atoms with van der Waals surface area (Å²) in [4.78, 5) is 12.7. The number of anilines is 1. The van der Waals surface area contributed by atoms with Crippen molar-refractivity contribution in [2.24, 2.45) is 10.2 Å². The van der Waals surface area contributed by atoms with Gasteiger partial charge in [-0.3, -0.25) is 9.35 Å². The number of phenolic OH excluding ortho intramolecular Hbond substituents is 1. The van der Waals surface area contributed by atoms with Gasteiger partial charge in [-0.2, -0.15) is 8.42 Å². The standard InChI is InChI=1S/C26H21Cl2N3O6S/c1-3-37-21-13-16(27)8-9-19(21)29-26(33)18-12-15-6-4-5-7-17(15)24(25(18)32)31-30-20-10-14(2)11-22(23(20)28)38(34,35)36/h4-13,32H,3H2,1-2H3,(H,29,33)(H,34,35,36). The van der Waals surface area contributed by atoms with Crippen LogP contribution < -0.4 is 10.1 Å². The van der Waals surface area contributed by atoms with E-state index in [4.69, 9.17) is 27.9 Å². The van der Waals surface area contributed by atoms with Crippen LogP contribution in [0.4, 0.5) is 17.1 Å². The van der Waals surface area contributed by atoms with Crippen LogP contribution in [0.1, 0.15) is 22.8 Å². The van der Waals surface area contributed by atoms with Gasteiger partial charge in [0.1, 0.15) is 22.0 Å². The van der Waals surface area contributed by atoms with Crippen molar-refractivity contribution in [1.29, 1.82) is 0 Å². The van der Waals surface area contributed by atoms with E-state index >= 15 is 0 Å². The number of carbonyl (C=O) groups excluding carboxylic acids is 1. The van der Waals surface area contributed by atoms with Crippen molar-refractivity contribution in [3.05, 3.63) is 81.8 Å². The third kappa shape index (κ3) is 5.73. The number of hydrogen-bond acceptors (Lipinski definition) is 7. The molecule has 0 fully saturated rings. The Kier molecular flexibility index (Phi) is 7.89. The molecule has 0 saturated heterocycles.